The van der Waals surface area contributed by atoms with Gasteiger partial charge in [-0.25, -0.2) is 9.79 Å². The molecular formula is C22H20N2O3S3. The number of rotatable bonds is 5. The molecule has 5 nitrogen and oxygen atoms in total. The lowest BCUT2D eigenvalue weighted by Gasteiger charge is -2.24. The van der Waals surface area contributed by atoms with E-state index in [1.807, 2.05) is 53.4 Å². The highest BCUT2D eigenvalue weighted by molar-refractivity contribution is 7.98. The number of thiophene rings is 1. The second-order valence-corrected chi connectivity index (χ2v) is 9.30. The number of ether oxygens (including phenoxy) is 1. The summed E-state index contributed by atoms with van der Waals surface area (Å²) in [6, 6.07) is 9.32. The monoisotopic (exact) mass is 456 g/mol. The van der Waals surface area contributed by atoms with Crippen molar-refractivity contribution in [2.24, 2.45) is 4.99 Å². The number of carbonyl (C=O) groups is 1. The van der Waals surface area contributed by atoms with Gasteiger partial charge in [-0.3, -0.25) is 9.36 Å². The Morgan fingerprint density at radius 2 is 2.07 bits per heavy atom. The fraction of sp³-hybridized carbons (Fsp3) is 0.227. The molecule has 0 N–H and O–H groups in total. The third-order valence-electron chi connectivity index (χ3n) is 4.79. The van der Waals surface area contributed by atoms with Crippen LogP contribution in [0.4, 0.5) is 0 Å². The lowest BCUT2D eigenvalue weighted by atomic mass is 9.96. The smallest absolute Gasteiger partial charge is 0.338 e. The maximum Gasteiger partial charge on any atom is 0.338 e. The molecule has 0 unspecified atom stereocenters. The van der Waals surface area contributed by atoms with Gasteiger partial charge in [-0.15, -0.1) is 11.8 Å². The zero-order valence-electron chi connectivity index (χ0n) is 16.7. The fourth-order valence-corrected chi connectivity index (χ4v) is 5.47. The van der Waals surface area contributed by atoms with Crippen LogP contribution in [0.15, 0.2) is 67.0 Å². The summed E-state index contributed by atoms with van der Waals surface area (Å²) in [5.41, 5.74) is 2.66. The average molecular weight is 457 g/mol. The molecule has 0 fully saturated rings. The van der Waals surface area contributed by atoms with Gasteiger partial charge in [0, 0.05) is 4.90 Å². The van der Waals surface area contributed by atoms with Gasteiger partial charge in [-0.2, -0.15) is 11.3 Å². The second-order valence-electron chi connectivity index (χ2n) is 6.63. The summed E-state index contributed by atoms with van der Waals surface area (Å²) in [5, 5.41) is 3.97. The molecule has 154 valence electrons. The zero-order chi connectivity index (χ0) is 21.3. The van der Waals surface area contributed by atoms with E-state index in [0.717, 1.165) is 16.0 Å². The number of thiazole rings is 1. The molecule has 1 aliphatic rings. The van der Waals surface area contributed by atoms with E-state index in [1.54, 1.807) is 41.5 Å². The Hall–Kier alpha value is -2.42. The van der Waals surface area contributed by atoms with Crippen LogP contribution in [0.5, 0.6) is 0 Å². The minimum Gasteiger partial charge on any atom is -0.463 e. The molecule has 0 amide bonds. The number of carbonyl (C=O) groups excluding carboxylic acids is 1. The number of allylic oxidation sites excluding steroid dienone is 1. The molecular weight excluding hydrogens is 436 g/mol. The summed E-state index contributed by atoms with van der Waals surface area (Å²) in [5.74, 6) is -0.440. The summed E-state index contributed by atoms with van der Waals surface area (Å²) in [6.07, 6.45) is 3.88. The van der Waals surface area contributed by atoms with Crippen molar-refractivity contribution in [1.82, 2.24) is 4.57 Å². The number of hydrogen-bond donors (Lipinski definition) is 0. The first-order valence-corrected chi connectivity index (χ1v) is 12.4. The van der Waals surface area contributed by atoms with Gasteiger partial charge in [0.1, 0.15) is 0 Å². The number of thioether (sulfide) groups is 1. The Kier molecular flexibility index (Phi) is 6.08. The van der Waals surface area contributed by atoms with Crippen molar-refractivity contribution in [2.45, 2.75) is 24.8 Å². The van der Waals surface area contributed by atoms with Gasteiger partial charge < -0.3 is 4.74 Å². The first-order valence-electron chi connectivity index (χ1n) is 9.39. The van der Waals surface area contributed by atoms with E-state index in [2.05, 4.69) is 4.99 Å². The summed E-state index contributed by atoms with van der Waals surface area (Å²) in [7, 11) is 0. The van der Waals surface area contributed by atoms with E-state index in [-0.39, 0.29) is 12.2 Å². The Balaban J connectivity index is 1.95. The van der Waals surface area contributed by atoms with Crippen LogP contribution < -0.4 is 14.9 Å². The van der Waals surface area contributed by atoms with Crippen molar-refractivity contribution < 1.29 is 9.53 Å². The summed E-state index contributed by atoms with van der Waals surface area (Å²) in [6.45, 7) is 3.83. The lowest BCUT2D eigenvalue weighted by molar-refractivity contribution is -0.139. The molecule has 1 atom stereocenters. The molecule has 1 aliphatic heterocycles. The summed E-state index contributed by atoms with van der Waals surface area (Å²) >= 11 is 4.56. The van der Waals surface area contributed by atoms with Gasteiger partial charge in [0.05, 0.1) is 28.5 Å². The predicted octanol–water partition coefficient (Wildman–Crippen LogP) is 3.58. The molecule has 0 saturated carbocycles. The van der Waals surface area contributed by atoms with E-state index >= 15 is 0 Å². The maximum atomic E-state index is 13.4. The minimum absolute atomic E-state index is 0.154. The van der Waals surface area contributed by atoms with E-state index < -0.39 is 12.0 Å². The molecule has 1 aromatic carbocycles. The molecule has 0 radical (unpaired) electrons. The predicted molar refractivity (Wildman–Crippen MR) is 123 cm³/mol. The average Bonchev–Trinajstić information content (AvgIpc) is 3.36. The number of esters is 1. The number of benzene rings is 1. The number of nitrogens with zero attached hydrogens (tertiary/aromatic N) is 2. The molecule has 0 aliphatic carbocycles. The standard InChI is InChI=1S/C22H20N2O3S3/c1-4-27-21(26)18-13(2)23-22-24(19(18)15-5-7-16(28-3)8-6-15)20(25)17(30-22)11-14-9-10-29-12-14/h5-12,19H,4H2,1-3H3/t19-/m0/s1. The molecule has 0 saturated heterocycles. The minimum atomic E-state index is -0.569. The van der Waals surface area contributed by atoms with E-state index in [9.17, 15) is 9.59 Å². The van der Waals surface area contributed by atoms with Crippen LogP contribution in [0, 0.1) is 0 Å². The maximum absolute atomic E-state index is 13.4. The van der Waals surface area contributed by atoms with E-state index in [4.69, 9.17) is 4.74 Å². The Labute approximate surface area is 186 Å². The highest BCUT2D eigenvalue weighted by Gasteiger charge is 2.33. The van der Waals surface area contributed by atoms with Crippen LogP contribution in [0.1, 0.15) is 31.0 Å². The summed E-state index contributed by atoms with van der Waals surface area (Å²) in [4.78, 5) is 32.5. The van der Waals surface area contributed by atoms with Gasteiger partial charge >= 0.3 is 5.97 Å². The third kappa shape index (κ3) is 3.82. The van der Waals surface area contributed by atoms with Crippen molar-refractivity contribution in [2.75, 3.05) is 12.9 Å². The first-order chi connectivity index (χ1) is 14.5. The van der Waals surface area contributed by atoms with Crippen molar-refractivity contribution in [3.8, 4) is 0 Å². The summed E-state index contributed by atoms with van der Waals surface area (Å²) < 4.78 is 7.53. The number of hydrogen-bond acceptors (Lipinski definition) is 7. The van der Waals surface area contributed by atoms with Crippen LogP contribution in [0.3, 0.4) is 0 Å². The van der Waals surface area contributed by atoms with Crippen LogP contribution in [-0.2, 0) is 9.53 Å². The highest BCUT2D eigenvalue weighted by atomic mass is 32.2. The molecule has 8 heteroatoms. The molecule has 3 heterocycles. The van der Waals surface area contributed by atoms with Crippen molar-refractivity contribution >= 4 is 46.5 Å². The van der Waals surface area contributed by atoms with Crippen molar-refractivity contribution in [1.29, 1.82) is 0 Å². The molecule has 3 aromatic rings. The molecule has 0 bridgehead atoms. The largest absolute Gasteiger partial charge is 0.463 e. The Morgan fingerprint density at radius 3 is 2.70 bits per heavy atom. The molecule has 30 heavy (non-hydrogen) atoms. The molecule has 0 spiro atoms. The van der Waals surface area contributed by atoms with Gasteiger partial charge in [0.25, 0.3) is 5.56 Å². The topological polar surface area (TPSA) is 60.7 Å². The number of aromatic nitrogens is 1. The van der Waals surface area contributed by atoms with Crippen molar-refractivity contribution in [3.63, 3.8) is 0 Å². The Morgan fingerprint density at radius 1 is 1.30 bits per heavy atom. The molecule has 4 rings (SSSR count). The van der Waals surface area contributed by atoms with Gasteiger partial charge in [0.15, 0.2) is 4.80 Å². The Bertz CT molecular complexity index is 1280. The second kappa shape index (κ2) is 8.75. The SMILES string of the molecule is CCOC(=O)C1=C(C)N=c2sc(=Cc3ccsc3)c(=O)n2[C@H]1c1ccc(SC)cc1. The van der Waals surface area contributed by atoms with Crippen LogP contribution in [-0.4, -0.2) is 23.4 Å². The lowest BCUT2D eigenvalue weighted by Crippen LogP contribution is -2.39. The highest BCUT2D eigenvalue weighted by Crippen LogP contribution is 2.31. The van der Waals surface area contributed by atoms with Crippen LogP contribution in [0.2, 0.25) is 0 Å². The first kappa shape index (κ1) is 20.8. The quantitative estimate of drug-likeness (QED) is 0.435. The van der Waals surface area contributed by atoms with Crippen LogP contribution in [0.25, 0.3) is 6.08 Å². The van der Waals surface area contributed by atoms with Crippen LogP contribution >= 0.6 is 34.4 Å². The van der Waals surface area contributed by atoms with Crippen molar-refractivity contribution in [3.05, 3.63) is 83.2 Å². The normalized spacial score (nSPS) is 16.4. The zero-order valence-corrected chi connectivity index (χ0v) is 19.2. The van der Waals surface area contributed by atoms with Gasteiger partial charge in [0.2, 0.25) is 0 Å². The van der Waals surface area contributed by atoms with Gasteiger partial charge in [-0.1, -0.05) is 23.5 Å². The third-order valence-corrected chi connectivity index (χ3v) is 7.22. The fourth-order valence-electron chi connectivity index (χ4n) is 3.40. The number of fused-ring (bicyclic) bond motifs is 1. The molecule has 2 aromatic heterocycles. The van der Waals surface area contributed by atoms with E-state index in [0.29, 0.717) is 20.6 Å². The van der Waals surface area contributed by atoms with E-state index in [1.165, 1.54) is 11.3 Å². The van der Waals surface area contributed by atoms with Gasteiger partial charge in [-0.05, 0) is 66.3 Å².